The number of hydrogen-bond donors (Lipinski definition) is 0. The highest BCUT2D eigenvalue weighted by molar-refractivity contribution is 7.89. The number of hydrogen-bond acceptors (Lipinski definition) is 2. The summed E-state index contributed by atoms with van der Waals surface area (Å²) >= 11 is 0. The molecule has 0 unspecified atom stereocenters. The zero-order valence-corrected chi connectivity index (χ0v) is 8.74. The van der Waals surface area contributed by atoms with Crippen molar-refractivity contribution in [3.05, 3.63) is 11.5 Å². The van der Waals surface area contributed by atoms with Gasteiger partial charge in [-0.25, -0.2) is 0 Å². The normalized spacial score (nSPS) is 32.1. The summed E-state index contributed by atoms with van der Waals surface area (Å²) in [6.45, 7) is 10.4. The van der Waals surface area contributed by atoms with Crippen LogP contribution in [0.5, 0.6) is 0 Å². The van der Waals surface area contributed by atoms with Crippen LogP contribution in [0.4, 0.5) is 0 Å². The summed E-state index contributed by atoms with van der Waals surface area (Å²) in [6.07, 6.45) is 0.101. The fourth-order valence-corrected chi connectivity index (χ4v) is 2.37. The molecule has 3 heteroatoms. The maximum atomic E-state index is 11.4. The summed E-state index contributed by atoms with van der Waals surface area (Å²) in [6, 6.07) is 0. The van der Waals surface area contributed by atoms with E-state index in [1.165, 1.54) is 0 Å². The van der Waals surface area contributed by atoms with Gasteiger partial charge in [-0.05, 0) is 5.41 Å². The standard InChI is InChI=1S/C9H16O2S/c1-7-5-11-8(6-12(7)10)9(2,3)4/h8H,1,5-6H2,2-4H3/t8-,12-/m0/s1. The number of rotatable bonds is 0. The van der Waals surface area contributed by atoms with E-state index in [2.05, 4.69) is 27.4 Å². The molecule has 0 aromatic heterocycles. The van der Waals surface area contributed by atoms with Crippen molar-refractivity contribution >= 4 is 10.8 Å². The Hall–Kier alpha value is -0.150. The Morgan fingerprint density at radius 3 is 2.58 bits per heavy atom. The van der Waals surface area contributed by atoms with Gasteiger partial charge in [0.2, 0.25) is 0 Å². The molecule has 1 fully saturated rings. The molecule has 1 aliphatic heterocycles. The molecule has 1 rings (SSSR count). The molecule has 1 heterocycles. The first kappa shape index (κ1) is 9.93. The van der Waals surface area contributed by atoms with Crippen molar-refractivity contribution in [3.63, 3.8) is 0 Å². The average Bonchev–Trinajstić information content (AvgIpc) is 1.92. The van der Waals surface area contributed by atoms with E-state index in [4.69, 9.17) is 4.74 Å². The Morgan fingerprint density at radius 2 is 2.17 bits per heavy atom. The van der Waals surface area contributed by atoms with Crippen molar-refractivity contribution in [2.75, 3.05) is 12.4 Å². The predicted octanol–water partition coefficient (Wildman–Crippen LogP) is 1.69. The van der Waals surface area contributed by atoms with Gasteiger partial charge in [-0.2, -0.15) is 0 Å². The van der Waals surface area contributed by atoms with E-state index in [0.29, 0.717) is 12.4 Å². The second-order valence-corrected chi connectivity index (χ2v) is 5.82. The van der Waals surface area contributed by atoms with Gasteiger partial charge in [-0.15, -0.1) is 0 Å². The third kappa shape index (κ3) is 2.17. The van der Waals surface area contributed by atoms with Crippen LogP contribution >= 0.6 is 0 Å². The lowest BCUT2D eigenvalue weighted by atomic mass is 9.90. The fraction of sp³-hybridized carbons (Fsp3) is 0.778. The van der Waals surface area contributed by atoms with E-state index in [1.807, 2.05) is 0 Å². The van der Waals surface area contributed by atoms with Gasteiger partial charge in [0, 0.05) is 4.91 Å². The molecule has 0 aromatic carbocycles. The molecule has 12 heavy (non-hydrogen) atoms. The monoisotopic (exact) mass is 188 g/mol. The summed E-state index contributed by atoms with van der Waals surface area (Å²) in [5.41, 5.74) is 0.0797. The van der Waals surface area contributed by atoms with Gasteiger partial charge in [0.15, 0.2) is 0 Å². The van der Waals surface area contributed by atoms with Crippen molar-refractivity contribution in [1.29, 1.82) is 0 Å². The highest BCUT2D eigenvalue weighted by Crippen LogP contribution is 2.27. The zero-order chi connectivity index (χ0) is 9.35. The Balaban J connectivity index is 2.63. The third-order valence-corrected chi connectivity index (χ3v) is 3.40. The molecule has 1 aliphatic rings. The maximum absolute atomic E-state index is 11.4. The molecule has 2 nitrogen and oxygen atoms in total. The topological polar surface area (TPSA) is 26.3 Å². The van der Waals surface area contributed by atoms with Crippen molar-refractivity contribution in [3.8, 4) is 0 Å². The highest BCUT2D eigenvalue weighted by Gasteiger charge is 2.31. The van der Waals surface area contributed by atoms with Crippen LogP contribution in [0.3, 0.4) is 0 Å². The lowest BCUT2D eigenvalue weighted by Gasteiger charge is -2.33. The molecule has 1 saturated heterocycles. The second kappa shape index (κ2) is 3.30. The summed E-state index contributed by atoms with van der Waals surface area (Å²) < 4.78 is 16.9. The van der Waals surface area contributed by atoms with Crippen LogP contribution in [0.1, 0.15) is 20.8 Å². The van der Waals surface area contributed by atoms with E-state index in [9.17, 15) is 4.21 Å². The molecule has 0 N–H and O–H groups in total. The van der Waals surface area contributed by atoms with Gasteiger partial charge in [-0.3, -0.25) is 4.21 Å². The Morgan fingerprint density at radius 1 is 1.58 bits per heavy atom. The van der Waals surface area contributed by atoms with Crippen molar-refractivity contribution in [2.24, 2.45) is 5.41 Å². The van der Waals surface area contributed by atoms with Gasteiger partial charge >= 0.3 is 0 Å². The van der Waals surface area contributed by atoms with Gasteiger partial charge in [0.1, 0.15) is 0 Å². The Bertz CT molecular complexity index is 215. The molecule has 2 atom stereocenters. The van der Waals surface area contributed by atoms with Crippen LogP contribution in [-0.2, 0) is 15.5 Å². The van der Waals surface area contributed by atoms with Crippen LogP contribution in [0.2, 0.25) is 0 Å². The van der Waals surface area contributed by atoms with Crippen LogP contribution < -0.4 is 0 Å². The lowest BCUT2D eigenvalue weighted by Crippen LogP contribution is -2.39. The Labute approximate surface area is 76.5 Å². The molecule has 0 radical (unpaired) electrons. The lowest BCUT2D eigenvalue weighted by molar-refractivity contribution is 0.00790. The largest absolute Gasteiger partial charge is 0.371 e. The molecule has 70 valence electrons. The minimum absolute atomic E-state index is 0.0797. The first-order chi connectivity index (χ1) is 5.41. The van der Waals surface area contributed by atoms with Gasteiger partial charge in [0.25, 0.3) is 0 Å². The van der Waals surface area contributed by atoms with Gasteiger partial charge in [-0.1, -0.05) is 27.4 Å². The first-order valence-electron chi connectivity index (χ1n) is 4.09. The van der Waals surface area contributed by atoms with Crippen molar-refractivity contribution < 1.29 is 8.95 Å². The number of ether oxygens (including phenoxy) is 1. The molecule has 0 aliphatic carbocycles. The third-order valence-electron chi connectivity index (χ3n) is 2.04. The van der Waals surface area contributed by atoms with E-state index >= 15 is 0 Å². The zero-order valence-electron chi connectivity index (χ0n) is 7.92. The summed E-state index contributed by atoms with van der Waals surface area (Å²) in [5, 5.41) is 0. The Kier molecular flexibility index (Phi) is 2.74. The van der Waals surface area contributed by atoms with Crippen LogP contribution in [0.25, 0.3) is 0 Å². The SMILES string of the molecule is C=C1CO[C@H](C(C)(C)C)C[S@@]1=O. The van der Waals surface area contributed by atoms with E-state index in [1.54, 1.807) is 0 Å². The first-order valence-corrected chi connectivity index (χ1v) is 5.41. The molecule has 0 aromatic rings. The summed E-state index contributed by atoms with van der Waals surface area (Å²) in [7, 11) is -0.881. The molecule has 0 bridgehead atoms. The minimum atomic E-state index is -0.881. The van der Waals surface area contributed by atoms with Crippen LogP contribution in [0.15, 0.2) is 11.5 Å². The summed E-state index contributed by atoms with van der Waals surface area (Å²) in [5.74, 6) is 0.600. The second-order valence-electron chi connectivity index (χ2n) is 4.22. The van der Waals surface area contributed by atoms with Crippen LogP contribution in [-0.4, -0.2) is 22.7 Å². The predicted molar refractivity (Wildman–Crippen MR) is 51.3 cm³/mol. The van der Waals surface area contributed by atoms with E-state index in [-0.39, 0.29) is 11.5 Å². The van der Waals surface area contributed by atoms with E-state index < -0.39 is 10.8 Å². The molecule has 0 amide bonds. The molecular formula is C9H16O2S. The molecule has 0 saturated carbocycles. The highest BCUT2D eigenvalue weighted by atomic mass is 32.2. The smallest absolute Gasteiger partial charge is 0.0799 e. The van der Waals surface area contributed by atoms with Crippen LogP contribution in [0, 0.1) is 5.41 Å². The summed E-state index contributed by atoms with van der Waals surface area (Å²) in [4.78, 5) is 0.718. The van der Waals surface area contributed by atoms with Crippen molar-refractivity contribution in [2.45, 2.75) is 26.9 Å². The fourth-order valence-electron chi connectivity index (χ4n) is 1.06. The minimum Gasteiger partial charge on any atom is -0.371 e. The maximum Gasteiger partial charge on any atom is 0.0799 e. The average molecular weight is 188 g/mol. The molecular weight excluding hydrogens is 172 g/mol. The quantitative estimate of drug-likeness (QED) is 0.578. The molecule has 0 spiro atoms. The van der Waals surface area contributed by atoms with Crippen molar-refractivity contribution in [1.82, 2.24) is 0 Å². The van der Waals surface area contributed by atoms with Gasteiger partial charge in [0.05, 0.1) is 29.3 Å². The van der Waals surface area contributed by atoms with Gasteiger partial charge < -0.3 is 4.74 Å². The van der Waals surface area contributed by atoms with E-state index in [0.717, 1.165) is 4.91 Å².